The zero-order valence-electron chi connectivity index (χ0n) is 13.2. The van der Waals surface area contributed by atoms with Crippen molar-refractivity contribution >= 4 is 38.9 Å². The van der Waals surface area contributed by atoms with Crippen molar-refractivity contribution in [1.29, 1.82) is 0 Å². The van der Waals surface area contributed by atoms with Crippen LogP contribution in [0, 0.1) is 13.8 Å². The fourth-order valence-electron chi connectivity index (χ4n) is 2.73. The van der Waals surface area contributed by atoms with Crippen LogP contribution in [0.1, 0.15) is 24.3 Å². The van der Waals surface area contributed by atoms with Crippen LogP contribution in [0.5, 0.6) is 0 Å². The van der Waals surface area contributed by atoms with Crippen molar-refractivity contribution in [2.24, 2.45) is 0 Å². The Hall–Kier alpha value is -2.06. The Morgan fingerprint density at radius 3 is 2.67 bits per heavy atom. The number of aromatic nitrogens is 1. The Morgan fingerprint density at radius 2 is 2.08 bits per heavy atom. The maximum Gasteiger partial charge on any atom is 0.267 e. The summed E-state index contributed by atoms with van der Waals surface area (Å²) in [5.74, 6) is 0.207. The highest BCUT2D eigenvalue weighted by Crippen LogP contribution is 2.32. The number of hydrogen-bond acceptors (Lipinski definition) is 5. The zero-order valence-corrected chi connectivity index (χ0v) is 14.7. The fraction of sp³-hybridized carbons (Fsp3) is 0.333. The lowest BCUT2D eigenvalue weighted by molar-refractivity contribution is -0.117. The number of carbonyl (C=O) groups excluding carboxylic acids is 1. The summed E-state index contributed by atoms with van der Waals surface area (Å²) in [5.41, 5.74) is 1.08. The van der Waals surface area contributed by atoms with Crippen LogP contribution in [0.15, 0.2) is 27.6 Å². The number of nitrogens with zero attached hydrogens (tertiary/aromatic N) is 2. The Balaban J connectivity index is 1.96. The van der Waals surface area contributed by atoms with Crippen LogP contribution in [0.25, 0.3) is 0 Å². The van der Waals surface area contributed by atoms with Gasteiger partial charge in [-0.15, -0.1) is 0 Å². The maximum atomic E-state index is 12.6. The molecule has 0 saturated carbocycles. The van der Waals surface area contributed by atoms with Gasteiger partial charge in [0.05, 0.1) is 10.7 Å². The number of aryl methyl sites for hydroxylation is 2. The van der Waals surface area contributed by atoms with Gasteiger partial charge in [0, 0.05) is 18.7 Å². The molecule has 2 aromatic rings. The Kier molecular flexibility index (Phi) is 4.27. The van der Waals surface area contributed by atoms with Crippen LogP contribution >= 0.6 is 11.6 Å². The van der Waals surface area contributed by atoms with E-state index in [-0.39, 0.29) is 33.0 Å². The molecule has 2 heterocycles. The highest BCUT2D eigenvalue weighted by Gasteiger charge is 2.26. The number of anilines is 2. The van der Waals surface area contributed by atoms with Crippen LogP contribution < -0.4 is 9.62 Å². The minimum absolute atomic E-state index is 0.0110. The number of benzene rings is 1. The quantitative estimate of drug-likeness (QED) is 0.894. The summed E-state index contributed by atoms with van der Waals surface area (Å²) >= 11 is 6.12. The molecular formula is C15H16ClN3O4S. The molecule has 1 aliphatic heterocycles. The van der Waals surface area contributed by atoms with Crippen LogP contribution in [-0.4, -0.2) is 26.0 Å². The van der Waals surface area contributed by atoms with Gasteiger partial charge in [-0.2, -0.15) is 0 Å². The molecule has 1 aromatic heterocycles. The van der Waals surface area contributed by atoms with E-state index in [1.807, 2.05) is 0 Å². The number of rotatable bonds is 4. The summed E-state index contributed by atoms with van der Waals surface area (Å²) in [6.07, 6.45) is 1.27. The second kappa shape index (κ2) is 6.10. The van der Waals surface area contributed by atoms with Gasteiger partial charge in [-0.05, 0) is 38.5 Å². The van der Waals surface area contributed by atoms with Gasteiger partial charge >= 0.3 is 0 Å². The summed E-state index contributed by atoms with van der Waals surface area (Å²) in [5, 5.41) is 3.89. The van der Waals surface area contributed by atoms with E-state index >= 15 is 0 Å². The second-order valence-corrected chi connectivity index (χ2v) is 7.60. The van der Waals surface area contributed by atoms with Gasteiger partial charge in [-0.3, -0.25) is 9.52 Å². The molecule has 1 amide bonds. The van der Waals surface area contributed by atoms with Crippen LogP contribution in [0.2, 0.25) is 5.02 Å². The predicted octanol–water partition coefficient (Wildman–Crippen LogP) is 2.87. The van der Waals surface area contributed by atoms with E-state index in [9.17, 15) is 13.2 Å². The Labute approximate surface area is 144 Å². The molecule has 128 valence electrons. The zero-order chi connectivity index (χ0) is 17.5. The molecule has 0 bridgehead atoms. The normalized spacial score (nSPS) is 15.1. The number of halogens is 1. The highest BCUT2D eigenvalue weighted by molar-refractivity contribution is 7.92. The summed E-state index contributed by atoms with van der Waals surface area (Å²) in [4.78, 5) is 13.5. The average molecular weight is 370 g/mol. The monoisotopic (exact) mass is 369 g/mol. The predicted molar refractivity (Wildman–Crippen MR) is 89.8 cm³/mol. The third-order valence-electron chi connectivity index (χ3n) is 3.82. The highest BCUT2D eigenvalue weighted by atomic mass is 35.5. The van der Waals surface area contributed by atoms with Crippen molar-refractivity contribution in [2.45, 2.75) is 31.6 Å². The molecule has 1 aliphatic rings. The molecule has 0 spiro atoms. The first-order chi connectivity index (χ1) is 11.3. The summed E-state index contributed by atoms with van der Waals surface area (Å²) in [6, 6.07) is 4.81. The molecule has 3 rings (SSSR count). The fourth-order valence-corrected chi connectivity index (χ4v) is 4.36. The van der Waals surface area contributed by atoms with Crippen molar-refractivity contribution in [3.63, 3.8) is 0 Å². The molecule has 24 heavy (non-hydrogen) atoms. The maximum absolute atomic E-state index is 12.6. The summed E-state index contributed by atoms with van der Waals surface area (Å²) in [7, 11) is -3.90. The SMILES string of the molecule is Cc1noc(C)c1S(=O)(=O)Nc1cc(N2CCCC2=O)ccc1Cl. The molecule has 0 aliphatic carbocycles. The third-order valence-corrected chi connectivity index (χ3v) is 5.75. The van der Waals surface area contributed by atoms with E-state index in [0.717, 1.165) is 6.42 Å². The van der Waals surface area contributed by atoms with Gasteiger partial charge in [0.15, 0.2) is 10.7 Å². The van der Waals surface area contributed by atoms with Crippen molar-refractivity contribution in [3.8, 4) is 0 Å². The lowest BCUT2D eigenvalue weighted by Crippen LogP contribution is -2.24. The van der Waals surface area contributed by atoms with Gasteiger partial charge in [0.1, 0.15) is 5.69 Å². The van der Waals surface area contributed by atoms with E-state index in [2.05, 4.69) is 9.88 Å². The first kappa shape index (κ1) is 16.8. The lowest BCUT2D eigenvalue weighted by atomic mass is 10.2. The van der Waals surface area contributed by atoms with E-state index in [1.165, 1.54) is 6.92 Å². The summed E-state index contributed by atoms with van der Waals surface area (Å²) in [6.45, 7) is 3.68. The smallest absolute Gasteiger partial charge is 0.267 e. The average Bonchev–Trinajstić information content (AvgIpc) is 3.07. The van der Waals surface area contributed by atoms with Crippen molar-refractivity contribution in [1.82, 2.24) is 5.16 Å². The van der Waals surface area contributed by atoms with E-state index in [1.54, 1.807) is 30.0 Å². The molecule has 1 fully saturated rings. The van der Waals surface area contributed by atoms with Gasteiger partial charge < -0.3 is 9.42 Å². The third kappa shape index (κ3) is 2.99. The largest absolute Gasteiger partial charge is 0.360 e. The summed E-state index contributed by atoms with van der Waals surface area (Å²) < 4.78 is 32.6. The van der Waals surface area contributed by atoms with Crippen LogP contribution in [0.3, 0.4) is 0 Å². The minimum Gasteiger partial charge on any atom is -0.360 e. The topological polar surface area (TPSA) is 92.5 Å². The Bertz CT molecular complexity index is 888. The molecule has 0 radical (unpaired) electrons. The van der Waals surface area contributed by atoms with Crippen LogP contribution in [-0.2, 0) is 14.8 Å². The van der Waals surface area contributed by atoms with Gasteiger partial charge in [0.2, 0.25) is 5.91 Å². The molecule has 1 aromatic carbocycles. The van der Waals surface area contributed by atoms with E-state index in [4.69, 9.17) is 16.1 Å². The number of sulfonamides is 1. The molecule has 0 unspecified atom stereocenters. The lowest BCUT2D eigenvalue weighted by Gasteiger charge is -2.18. The standard InChI is InChI=1S/C15H16ClN3O4S/c1-9-15(10(2)23-17-9)24(21,22)18-13-8-11(5-6-12(13)16)19-7-3-4-14(19)20/h5-6,8,18H,3-4,7H2,1-2H3. The minimum atomic E-state index is -3.90. The Morgan fingerprint density at radius 1 is 1.33 bits per heavy atom. The first-order valence-electron chi connectivity index (χ1n) is 7.35. The van der Waals surface area contributed by atoms with E-state index < -0.39 is 10.0 Å². The van der Waals surface area contributed by atoms with Crippen molar-refractivity contribution in [2.75, 3.05) is 16.2 Å². The van der Waals surface area contributed by atoms with E-state index in [0.29, 0.717) is 18.7 Å². The molecular weight excluding hydrogens is 354 g/mol. The van der Waals surface area contributed by atoms with Crippen molar-refractivity contribution in [3.05, 3.63) is 34.7 Å². The van der Waals surface area contributed by atoms with Gasteiger partial charge in [-0.1, -0.05) is 16.8 Å². The molecule has 1 saturated heterocycles. The number of carbonyl (C=O) groups is 1. The molecule has 7 nitrogen and oxygen atoms in total. The van der Waals surface area contributed by atoms with Gasteiger partial charge in [-0.25, -0.2) is 8.42 Å². The van der Waals surface area contributed by atoms with Crippen LogP contribution in [0.4, 0.5) is 11.4 Å². The molecule has 1 N–H and O–H groups in total. The second-order valence-electron chi connectivity index (χ2n) is 5.57. The number of amides is 1. The first-order valence-corrected chi connectivity index (χ1v) is 9.21. The molecule has 9 heteroatoms. The van der Waals surface area contributed by atoms with Crippen molar-refractivity contribution < 1.29 is 17.7 Å². The van der Waals surface area contributed by atoms with Gasteiger partial charge in [0.25, 0.3) is 10.0 Å². The number of hydrogen-bond donors (Lipinski definition) is 1. The number of nitrogens with one attached hydrogen (secondary N) is 1. The molecule has 0 atom stereocenters.